The lowest BCUT2D eigenvalue weighted by Gasteiger charge is -2.11. The molecule has 0 atom stereocenters. The van der Waals surface area contributed by atoms with Crippen molar-refractivity contribution in [3.05, 3.63) is 43.9 Å². The molecule has 0 bridgehead atoms. The highest BCUT2D eigenvalue weighted by Crippen LogP contribution is 2.37. The second-order valence-electron chi connectivity index (χ2n) is 6.82. The van der Waals surface area contributed by atoms with E-state index < -0.39 is 24.4 Å². The van der Waals surface area contributed by atoms with Crippen molar-refractivity contribution >= 4 is 56.8 Å². The molecule has 10 heteroatoms. The third-order valence-corrected chi connectivity index (χ3v) is 7.51. The second kappa shape index (κ2) is 9.07. The van der Waals surface area contributed by atoms with Crippen LogP contribution in [0.25, 0.3) is 10.6 Å². The number of anilines is 1. The second-order valence-corrected chi connectivity index (χ2v) is 9.56. The first-order chi connectivity index (χ1) is 14.5. The van der Waals surface area contributed by atoms with Gasteiger partial charge in [-0.15, -0.1) is 22.7 Å². The lowest BCUT2D eigenvalue weighted by atomic mass is 9.95. The molecular weight excluding hydrogens is 442 g/mol. The molecule has 0 saturated heterocycles. The van der Waals surface area contributed by atoms with Crippen LogP contribution in [-0.2, 0) is 33.6 Å². The zero-order valence-electron chi connectivity index (χ0n) is 15.9. The molecule has 0 radical (unpaired) electrons. The van der Waals surface area contributed by atoms with Gasteiger partial charge in [-0.25, -0.2) is 4.98 Å². The van der Waals surface area contributed by atoms with Crippen molar-refractivity contribution in [3.8, 4) is 10.6 Å². The third-order valence-electron chi connectivity index (χ3n) is 4.68. The van der Waals surface area contributed by atoms with Gasteiger partial charge >= 0.3 is 5.97 Å². The highest BCUT2D eigenvalue weighted by Gasteiger charge is 2.25. The number of aryl methyl sites for hydroxylation is 1. The Morgan fingerprint density at radius 1 is 1.20 bits per heavy atom. The number of hydrogen-bond donors (Lipinski definition) is 2. The van der Waals surface area contributed by atoms with Gasteiger partial charge in [-0.1, -0.05) is 0 Å². The summed E-state index contributed by atoms with van der Waals surface area (Å²) in [4.78, 5) is 41.8. The smallest absolute Gasteiger partial charge is 0.312 e. The number of primary amides is 1. The number of thiazole rings is 1. The molecule has 7 nitrogen and oxygen atoms in total. The topological polar surface area (TPSA) is 111 Å². The van der Waals surface area contributed by atoms with Crippen LogP contribution in [0, 0.1) is 0 Å². The first-order valence-electron chi connectivity index (χ1n) is 9.38. The average molecular weight is 462 g/mol. The number of carbonyl (C=O) groups is 3. The van der Waals surface area contributed by atoms with Gasteiger partial charge in [-0.05, 0) is 42.7 Å². The molecule has 1 aliphatic rings. The minimum Gasteiger partial charge on any atom is -0.455 e. The SMILES string of the molecule is NC(=O)c1c(NC(=O)COC(=O)Cc2csc(-c3ccsc3)n2)sc2c1CCCC2. The van der Waals surface area contributed by atoms with Crippen molar-refractivity contribution in [2.75, 3.05) is 11.9 Å². The van der Waals surface area contributed by atoms with Crippen molar-refractivity contribution < 1.29 is 19.1 Å². The maximum atomic E-state index is 12.3. The van der Waals surface area contributed by atoms with Gasteiger partial charge in [0.1, 0.15) is 10.0 Å². The number of fused-ring (bicyclic) bond motifs is 1. The number of nitrogens with two attached hydrogens (primary N) is 1. The molecule has 1 aliphatic carbocycles. The van der Waals surface area contributed by atoms with Gasteiger partial charge in [0, 0.05) is 21.2 Å². The fourth-order valence-corrected chi connectivity index (χ4v) is 6.17. The summed E-state index contributed by atoms with van der Waals surface area (Å²) in [6.45, 7) is -0.429. The van der Waals surface area contributed by atoms with Crippen molar-refractivity contribution in [1.29, 1.82) is 0 Å². The first-order valence-corrected chi connectivity index (χ1v) is 12.0. The minimum absolute atomic E-state index is 0.00620. The number of aromatic nitrogens is 1. The highest BCUT2D eigenvalue weighted by atomic mass is 32.1. The van der Waals surface area contributed by atoms with E-state index in [1.165, 1.54) is 22.7 Å². The number of thiophene rings is 2. The van der Waals surface area contributed by atoms with Gasteiger partial charge < -0.3 is 15.8 Å². The van der Waals surface area contributed by atoms with Gasteiger partial charge in [0.2, 0.25) is 0 Å². The van der Waals surface area contributed by atoms with Crippen LogP contribution < -0.4 is 11.1 Å². The molecular formula is C20H19N3O4S3. The number of hydrogen-bond acceptors (Lipinski definition) is 8. The highest BCUT2D eigenvalue weighted by molar-refractivity contribution is 7.17. The molecule has 30 heavy (non-hydrogen) atoms. The van der Waals surface area contributed by atoms with Crippen molar-refractivity contribution in [3.63, 3.8) is 0 Å². The van der Waals surface area contributed by atoms with Crippen LogP contribution in [0.5, 0.6) is 0 Å². The molecule has 3 N–H and O–H groups in total. The van der Waals surface area contributed by atoms with Crippen molar-refractivity contribution in [2.45, 2.75) is 32.1 Å². The van der Waals surface area contributed by atoms with Gasteiger partial charge in [0.15, 0.2) is 6.61 Å². The summed E-state index contributed by atoms with van der Waals surface area (Å²) in [5.74, 6) is -1.58. The van der Waals surface area contributed by atoms with Gasteiger partial charge in [0.25, 0.3) is 11.8 Å². The monoisotopic (exact) mass is 461 g/mol. The quantitative estimate of drug-likeness (QED) is 0.522. The Morgan fingerprint density at radius 3 is 2.80 bits per heavy atom. The zero-order valence-corrected chi connectivity index (χ0v) is 18.4. The van der Waals surface area contributed by atoms with E-state index in [1.807, 2.05) is 22.2 Å². The lowest BCUT2D eigenvalue weighted by molar-refractivity contribution is -0.146. The first kappa shape index (κ1) is 20.7. The Labute approximate surface area is 184 Å². The average Bonchev–Trinajstić information content (AvgIpc) is 3.45. The van der Waals surface area contributed by atoms with E-state index in [1.54, 1.807) is 11.3 Å². The van der Waals surface area contributed by atoms with Crippen molar-refractivity contribution in [2.24, 2.45) is 5.73 Å². The Morgan fingerprint density at radius 2 is 2.03 bits per heavy atom. The summed E-state index contributed by atoms with van der Waals surface area (Å²) in [5, 5.41) is 9.74. The minimum atomic E-state index is -0.549. The van der Waals surface area contributed by atoms with E-state index in [0.29, 0.717) is 16.3 Å². The Bertz CT molecular complexity index is 1090. The van der Waals surface area contributed by atoms with Crippen LogP contribution in [0.3, 0.4) is 0 Å². The Hall–Kier alpha value is -2.56. The fourth-order valence-electron chi connectivity index (χ4n) is 3.33. The molecule has 3 aromatic heterocycles. The summed E-state index contributed by atoms with van der Waals surface area (Å²) in [5.41, 5.74) is 8.48. The molecule has 0 aliphatic heterocycles. The van der Waals surface area contributed by atoms with Crippen LogP contribution >= 0.6 is 34.0 Å². The number of rotatable bonds is 7. The molecule has 0 fully saturated rings. The van der Waals surface area contributed by atoms with E-state index in [4.69, 9.17) is 10.5 Å². The largest absolute Gasteiger partial charge is 0.455 e. The molecule has 3 heterocycles. The number of nitrogens with zero attached hydrogens (tertiary/aromatic N) is 1. The van der Waals surface area contributed by atoms with E-state index >= 15 is 0 Å². The summed E-state index contributed by atoms with van der Waals surface area (Å²) in [7, 11) is 0. The number of esters is 1. The molecule has 156 valence electrons. The Kier molecular flexibility index (Phi) is 6.26. The summed E-state index contributed by atoms with van der Waals surface area (Å²) < 4.78 is 5.09. The van der Waals surface area contributed by atoms with E-state index in [9.17, 15) is 14.4 Å². The summed E-state index contributed by atoms with van der Waals surface area (Å²) in [6.07, 6.45) is 3.72. The fraction of sp³-hybridized carbons (Fsp3) is 0.300. The number of carbonyl (C=O) groups excluding carboxylic acids is 3. The molecule has 0 aromatic carbocycles. The van der Waals surface area contributed by atoms with E-state index in [2.05, 4.69) is 10.3 Å². The predicted octanol–water partition coefficient (Wildman–Crippen LogP) is 3.64. The van der Waals surface area contributed by atoms with Gasteiger partial charge in [-0.2, -0.15) is 11.3 Å². The molecule has 0 unspecified atom stereocenters. The molecule has 0 spiro atoms. The van der Waals surface area contributed by atoms with Crippen LogP contribution in [0.4, 0.5) is 5.00 Å². The Balaban J connectivity index is 1.32. The maximum Gasteiger partial charge on any atom is 0.312 e. The van der Waals surface area contributed by atoms with Gasteiger partial charge in [0.05, 0.1) is 17.7 Å². The molecule has 3 aromatic rings. The van der Waals surface area contributed by atoms with Crippen LogP contribution in [-0.4, -0.2) is 29.4 Å². The normalized spacial score (nSPS) is 12.9. The third kappa shape index (κ3) is 4.61. The van der Waals surface area contributed by atoms with E-state index in [0.717, 1.165) is 46.7 Å². The maximum absolute atomic E-state index is 12.3. The van der Waals surface area contributed by atoms with Crippen LogP contribution in [0.15, 0.2) is 22.2 Å². The molecule has 0 saturated carbocycles. The molecule has 2 amide bonds. The van der Waals surface area contributed by atoms with Gasteiger partial charge in [-0.3, -0.25) is 14.4 Å². The summed E-state index contributed by atoms with van der Waals surface area (Å²) in [6, 6.07) is 1.97. The number of nitrogens with one attached hydrogen (secondary N) is 1. The predicted molar refractivity (Wildman–Crippen MR) is 118 cm³/mol. The standard InChI is InChI=1S/C20H19N3O4S3/c21-18(26)17-13-3-1-2-4-14(13)30-20(17)23-15(24)8-27-16(25)7-12-10-29-19(22-12)11-5-6-28-9-11/h5-6,9-10H,1-4,7-8H2,(H2,21,26)(H,23,24). The lowest BCUT2D eigenvalue weighted by Crippen LogP contribution is -2.23. The van der Waals surface area contributed by atoms with Crippen molar-refractivity contribution in [1.82, 2.24) is 4.98 Å². The number of ether oxygens (including phenoxy) is 1. The van der Waals surface area contributed by atoms with Crippen LogP contribution in [0.2, 0.25) is 0 Å². The van der Waals surface area contributed by atoms with Crippen LogP contribution in [0.1, 0.15) is 39.3 Å². The number of amides is 2. The summed E-state index contributed by atoms with van der Waals surface area (Å²) >= 11 is 4.42. The molecule has 4 rings (SSSR count). The van der Waals surface area contributed by atoms with E-state index in [-0.39, 0.29) is 6.42 Å². The zero-order chi connectivity index (χ0) is 21.1.